The Morgan fingerprint density at radius 2 is 2.21 bits per heavy atom. The van der Waals surface area contributed by atoms with Crippen molar-refractivity contribution in [3.05, 3.63) is 29.7 Å². The van der Waals surface area contributed by atoms with Gasteiger partial charge in [-0.1, -0.05) is 25.5 Å². The number of para-hydroxylation sites is 1. The number of oxazole rings is 1. The highest BCUT2D eigenvalue weighted by Crippen LogP contribution is 2.19. The molecule has 0 fully saturated rings. The summed E-state index contributed by atoms with van der Waals surface area (Å²) in [7, 11) is 0. The van der Waals surface area contributed by atoms with Crippen molar-refractivity contribution >= 4 is 11.1 Å². The molecule has 0 N–H and O–H groups in total. The molecular weight excluding hydrogens is 174 g/mol. The standard InChI is InChI=1S/C12H15NO/c1-3-4-8-11-13-12-9(2)6-5-7-10(12)14-11/h5-7H,3-4,8H2,1-2H3. The number of rotatable bonds is 3. The summed E-state index contributed by atoms with van der Waals surface area (Å²) in [4.78, 5) is 4.48. The summed E-state index contributed by atoms with van der Waals surface area (Å²) in [5.74, 6) is 0.871. The van der Waals surface area contributed by atoms with Gasteiger partial charge in [0.15, 0.2) is 11.5 Å². The van der Waals surface area contributed by atoms with Crippen molar-refractivity contribution in [2.45, 2.75) is 33.1 Å². The van der Waals surface area contributed by atoms with E-state index >= 15 is 0 Å². The molecule has 2 rings (SSSR count). The Labute approximate surface area is 84.0 Å². The van der Waals surface area contributed by atoms with Crippen LogP contribution in [0.3, 0.4) is 0 Å². The van der Waals surface area contributed by atoms with Crippen LogP contribution >= 0.6 is 0 Å². The molecule has 1 aromatic carbocycles. The minimum Gasteiger partial charge on any atom is -0.441 e. The molecule has 0 saturated heterocycles. The number of aryl methyl sites for hydroxylation is 2. The molecule has 0 unspecified atom stereocenters. The number of aromatic nitrogens is 1. The molecule has 0 saturated carbocycles. The molecule has 0 radical (unpaired) electrons. The molecule has 1 aromatic heterocycles. The normalized spacial score (nSPS) is 11.0. The second-order valence-electron chi connectivity index (χ2n) is 3.63. The predicted octanol–water partition coefficient (Wildman–Crippen LogP) is 3.48. The first kappa shape index (κ1) is 9.25. The van der Waals surface area contributed by atoms with Crippen LogP contribution in [0.15, 0.2) is 22.6 Å². The molecule has 0 spiro atoms. The zero-order valence-corrected chi connectivity index (χ0v) is 8.71. The Hall–Kier alpha value is -1.31. The number of hydrogen-bond donors (Lipinski definition) is 0. The van der Waals surface area contributed by atoms with Gasteiger partial charge in [0, 0.05) is 6.42 Å². The van der Waals surface area contributed by atoms with Gasteiger partial charge < -0.3 is 4.42 Å². The average molecular weight is 189 g/mol. The molecule has 0 atom stereocenters. The van der Waals surface area contributed by atoms with Gasteiger partial charge in [-0.3, -0.25) is 0 Å². The van der Waals surface area contributed by atoms with Crippen LogP contribution in [0.2, 0.25) is 0 Å². The van der Waals surface area contributed by atoms with E-state index in [-0.39, 0.29) is 0 Å². The number of benzene rings is 1. The first-order valence-corrected chi connectivity index (χ1v) is 5.16. The third-order valence-electron chi connectivity index (χ3n) is 2.41. The molecule has 0 aliphatic carbocycles. The van der Waals surface area contributed by atoms with E-state index in [1.54, 1.807) is 0 Å². The summed E-state index contributed by atoms with van der Waals surface area (Å²) in [6, 6.07) is 6.05. The lowest BCUT2D eigenvalue weighted by atomic mass is 10.2. The van der Waals surface area contributed by atoms with Gasteiger partial charge in [-0.15, -0.1) is 0 Å². The summed E-state index contributed by atoms with van der Waals surface area (Å²) in [6.07, 6.45) is 3.27. The first-order chi connectivity index (χ1) is 6.81. The second kappa shape index (κ2) is 3.82. The second-order valence-corrected chi connectivity index (χ2v) is 3.63. The first-order valence-electron chi connectivity index (χ1n) is 5.16. The highest BCUT2D eigenvalue weighted by atomic mass is 16.3. The molecule has 1 heterocycles. The third kappa shape index (κ3) is 1.65. The minimum absolute atomic E-state index is 0.871. The van der Waals surface area contributed by atoms with Crippen molar-refractivity contribution in [2.24, 2.45) is 0 Å². The largest absolute Gasteiger partial charge is 0.441 e. The van der Waals surface area contributed by atoms with Crippen molar-refractivity contribution in [1.29, 1.82) is 0 Å². The van der Waals surface area contributed by atoms with E-state index < -0.39 is 0 Å². The Kier molecular flexibility index (Phi) is 2.53. The van der Waals surface area contributed by atoms with Gasteiger partial charge >= 0.3 is 0 Å². The fraction of sp³-hybridized carbons (Fsp3) is 0.417. The Balaban J connectivity index is 2.36. The number of hydrogen-bond acceptors (Lipinski definition) is 2. The number of nitrogens with zero attached hydrogens (tertiary/aromatic N) is 1. The molecular formula is C12H15NO. The van der Waals surface area contributed by atoms with Crippen molar-refractivity contribution in [3.8, 4) is 0 Å². The van der Waals surface area contributed by atoms with Crippen LogP contribution in [0.5, 0.6) is 0 Å². The van der Waals surface area contributed by atoms with Crippen LogP contribution in [0.1, 0.15) is 31.2 Å². The summed E-state index contributed by atoms with van der Waals surface area (Å²) in [6.45, 7) is 4.24. The summed E-state index contributed by atoms with van der Waals surface area (Å²) in [5, 5.41) is 0. The molecule has 74 valence electrons. The average Bonchev–Trinajstić information content (AvgIpc) is 2.59. The Morgan fingerprint density at radius 1 is 1.36 bits per heavy atom. The smallest absolute Gasteiger partial charge is 0.195 e. The van der Waals surface area contributed by atoms with Gasteiger partial charge in [-0.05, 0) is 25.0 Å². The lowest BCUT2D eigenvalue weighted by Gasteiger charge is -1.89. The summed E-state index contributed by atoms with van der Waals surface area (Å²) < 4.78 is 5.64. The summed E-state index contributed by atoms with van der Waals surface area (Å²) in [5.41, 5.74) is 3.11. The van der Waals surface area contributed by atoms with Gasteiger partial charge in [-0.2, -0.15) is 0 Å². The minimum atomic E-state index is 0.871. The van der Waals surface area contributed by atoms with Crippen molar-refractivity contribution in [1.82, 2.24) is 4.98 Å². The fourth-order valence-electron chi connectivity index (χ4n) is 1.57. The quantitative estimate of drug-likeness (QED) is 0.738. The highest BCUT2D eigenvalue weighted by molar-refractivity contribution is 5.76. The Morgan fingerprint density at radius 3 is 2.93 bits per heavy atom. The predicted molar refractivity (Wildman–Crippen MR) is 57.4 cm³/mol. The van der Waals surface area contributed by atoms with E-state index in [0.29, 0.717) is 0 Å². The van der Waals surface area contributed by atoms with Crippen LogP contribution < -0.4 is 0 Å². The maximum absolute atomic E-state index is 5.64. The maximum Gasteiger partial charge on any atom is 0.195 e. The van der Waals surface area contributed by atoms with Gasteiger partial charge in [0.1, 0.15) is 5.52 Å². The zero-order chi connectivity index (χ0) is 9.97. The molecule has 2 heteroatoms. The number of unbranched alkanes of at least 4 members (excludes halogenated alkanes) is 1. The van der Waals surface area contributed by atoms with Gasteiger partial charge in [0.2, 0.25) is 0 Å². The molecule has 2 nitrogen and oxygen atoms in total. The molecule has 0 amide bonds. The van der Waals surface area contributed by atoms with Gasteiger partial charge in [-0.25, -0.2) is 4.98 Å². The van der Waals surface area contributed by atoms with Crippen molar-refractivity contribution < 1.29 is 4.42 Å². The van der Waals surface area contributed by atoms with Crippen LogP contribution in [-0.4, -0.2) is 4.98 Å². The van der Waals surface area contributed by atoms with E-state index in [2.05, 4.69) is 24.9 Å². The van der Waals surface area contributed by atoms with E-state index in [1.807, 2.05) is 12.1 Å². The third-order valence-corrected chi connectivity index (χ3v) is 2.41. The SMILES string of the molecule is CCCCc1nc2c(C)cccc2o1. The molecule has 0 aliphatic rings. The lowest BCUT2D eigenvalue weighted by molar-refractivity contribution is 0.517. The van der Waals surface area contributed by atoms with E-state index in [9.17, 15) is 0 Å². The van der Waals surface area contributed by atoms with Crippen LogP contribution in [0.4, 0.5) is 0 Å². The van der Waals surface area contributed by atoms with Gasteiger partial charge in [0.25, 0.3) is 0 Å². The van der Waals surface area contributed by atoms with E-state index in [0.717, 1.165) is 29.8 Å². The molecule has 2 aromatic rings. The monoisotopic (exact) mass is 189 g/mol. The maximum atomic E-state index is 5.64. The zero-order valence-electron chi connectivity index (χ0n) is 8.71. The van der Waals surface area contributed by atoms with E-state index in [4.69, 9.17) is 4.42 Å². The van der Waals surface area contributed by atoms with Crippen molar-refractivity contribution in [3.63, 3.8) is 0 Å². The van der Waals surface area contributed by atoms with Crippen LogP contribution in [0.25, 0.3) is 11.1 Å². The fourth-order valence-corrected chi connectivity index (χ4v) is 1.57. The van der Waals surface area contributed by atoms with E-state index in [1.165, 1.54) is 12.0 Å². The van der Waals surface area contributed by atoms with Crippen molar-refractivity contribution in [2.75, 3.05) is 0 Å². The molecule has 0 aliphatic heterocycles. The molecule has 14 heavy (non-hydrogen) atoms. The Bertz CT molecular complexity index is 431. The lowest BCUT2D eigenvalue weighted by Crippen LogP contribution is -1.83. The topological polar surface area (TPSA) is 26.0 Å². The highest BCUT2D eigenvalue weighted by Gasteiger charge is 2.06. The number of fused-ring (bicyclic) bond motifs is 1. The van der Waals surface area contributed by atoms with Crippen LogP contribution in [-0.2, 0) is 6.42 Å². The van der Waals surface area contributed by atoms with Gasteiger partial charge in [0.05, 0.1) is 0 Å². The van der Waals surface area contributed by atoms with Crippen LogP contribution in [0, 0.1) is 6.92 Å². The molecule has 0 bridgehead atoms. The summed E-state index contributed by atoms with van der Waals surface area (Å²) >= 11 is 0.